The zero-order chi connectivity index (χ0) is 14.6. The van der Waals surface area contributed by atoms with E-state index >= 15 is 0 Å². The van der Waals surface area contributed by atoms with Gasteiger partial charge in [-0.1, -0.05) is 13.8 Å². The van der Waals surface area contributed by atoms with Gasteiger partial charge in [-0.25, -0.2) is 0 Å². The molecule has 1 rings (SSSR count). The van der Waals surface area contributed by atoms with E-state index in [0.717, 1.165) is 22.3 Å². The van der Waals surface area contributed by atoms with Crippen molar-refractivity contribution in [1.29, 1.82) is 0 Å². The van der Waals surface area contributed by atoms with E-state index in [4.69, 9.17) is 5.73 Å². The van der Waals surface area contributed by atoms with Crippen LogP contribution in [0.1, 0.15) is 20.8 Å². The molecule has 6 heteroatoms. The van der Waals surface area contributed by atoms with Crippen LogP contribution in [0, 0.1) is 19.1 Å². The second-order valence-corrected chi connectivity index (χ2v) is 6.44. The summed E-state index contributed by atoms with van der Waals surface area (Å²) in [6, 6.07) is 4.97. The molecule has 0 saturated heterocycles. The Kier molecular flexibility index (Phi) is 5.54. The van der Waals surface area contributed by atoms with Crippen molar-refractivity contribution in [2.45, 2.75) is 20.8 Å². The maximum absolute atomic E-state index is 10.8. The molecule has 0 radical (unpaired) electrons. The lowest BCUT2D eigenvalue weighted by Crippen LogP contribution is -2.39. The van der Waals surface area contributed by atoms with Gasteiger partial charge in [0.05, 0.1) is 10.6 Å². The molecule has 1 aromatic rings. The Morgan fingerprint density at radius 1 is 1.47 bits per heavy atom. The number of nitro benzene ring substituents is 1. The number of non-ortho nitro benzene ring substituents is 1. The molecule has 106 valence electrons. The summed E-state index contributed by atoms with van der Waals surface area (Å²) in [5, 5.41) is 10.8. The Morgan fingerprint density at radius 3 is 2.53 bits per heavy atom. The third-order valence-electron chi connectivity index (χ3n) is 3.04. The number of anilines is 1. The fourth-order valence-electron chi connectivity index (χ4n) is 1.81. The lowest BCUT2D eigenvalue weighted by molar-refractivity contribution is -0.384. The van der Waals surface area contributed by atoms with Crippen molar-refractivity contribution >= 4 is 34.0 Å². The van der Waals surface area contributed by atoms with Crippen molar-refractivity contribution in [3.63, 3.8) is 0 Å². The molecule has 0 unspecified atom stereocenters. The van der Waals surface area contributed by atoms with E-state index in [1.54, 1.807) is 12.1 Å². The second-order valence-electron chi connectivity index (χ2n) is 5.28. The molecule has 2 N–H and O–H groups in total. The average Bonchev–Trinajstić information content (AvgIpc) is 2.36. The highest BCUT2D eigenvalue weighted by molar-refractivity contribution is 14.1. The van der Waals surface area contributed by atoms with E-state index in [2.05, 4.69) is 48.3 Å². The van der Waals surface area contributed by atoms with Crippen LogP contribution in [0.2, 0.25) is 0 Å². The molecule has 0 heterocycles. The predicted molar refractivity (Wildman–Crippen MR) is 86.5 cm³/mol. The molecule has 0 amide bonds. The molecule has 19 heavy (non-hydrogen) atoms. The van der Waals surface area contributed by atoms with Gasteiger partial charge in [-0.2, -0.15) is 0 Å². The summed E-state index contributed by atoms with van der Waals surface area (Å²) in [4.78, 5) is 12.6. The molecule has 0 aromatic heterocycles. The summed E-state index contributed by atoms with van der Waals surface area (Å²) in [6.45, 7) is 8.59. The molecule has 0 saturated carbocycles. The number of halogens is 1. The largest absolute Gasteiger partial charge is 0.370 e. The molecule has 1 aromatic carbocycles. The minimum atomic E-state index is -0.369. The van der Waals surface area contributed by atoms with Gasteiger partial charge in [0.1, 0.15) is 0 Å². The summed E-state index contributed by atoms with van der Waals surface area (Å²) in [5.41, 5.74) is 6.94. The Hall–Kier alpha value is -0.890. The first-order chi connectivity index (χ1) is 8.80. The van der Waals surface area contributed by atoms with Crippen LogP contribution in [-0.2, 0) is 0 Å². The molecule has 0 aliphatic carbocycles. The van der Waals surface area contributed by atoms with Gasteiger partial charge >= 0.3 is 0 Å². The monoisotopic (exact) mass is 377 g/mol. The Balaban J connectivity index is 3.02. The van der Waals surface area contributed by atoms with Gasteiger partial charge in [-0.3, -0.25) is 10.1 Å². The summed E-state index contributed by atoms with van der Waals surface area (Å²) in [7, 11) is 0. The van der Waals surface area contributed by atoms with E-state index in [1.807, 2.05) is 6.07 Å². The third kappa shape index (κ3) is 4.31. The van der Waals surface area contributed by atoms with Crippen LogP contribution in [0.3, 0.4) is 0 Å². The molecule has 0 aliphatic heterocycles. The zero-order valence-corrected chi connectivity index (χ0v) is 13.7. The van der Waals surface area contributed by atoms with Gasteiger partial charge < -0.3 is 10.6 Å². The van der Waals surface area contributed by atoms with E-state index in [9.17, 15) is 10.1 Å². The summed E-state index contributed by atoms with van der Waals surface area (Å²) in [5.74, 6) is 0. The lowest BCUT2D eigenvalue weighted by Gasteiger charge is -2.33. The standard InChI is InChI=1S/C13H20IN3O2/c1-4-16(9-13(2,3)8-15)12-6-5-10(17(18)19)7-11(12)14/h5-7H,4,8-9,15H2,1-3H3. The smallest absolute Gasteiger partial charge is 0.270 e. The van der Waals surface area contributed by atoms with Gasteiger partial charge in [0, 0.05) is 28.8 Å². The van der Waals surface area contributed by atoms with Crippen LogP contribution in [0.15, 0.2) is 18.2 Å². The fourth-order valence-corrected chi connectivity index (χ4v) is 2.65. The predicted octanol–water partition coefficient (Wildman–Crippen LogP) is 3.01. The van der Waals surface area contributed by atoms with Crippen molar-refractivity contribution in [3.05, 3.63) is 31.9 Å². The first kappa shape index (κ1) is 16.2. The average molecular weight is 377 g/mol. The highest BCUT2D eigenvalue weighted by Crippen LogP contribution is 2.29. The van der Waals surface area contributed by atoms with Crippen LogP contribution < -0.4 is 10.6 Å². The molecule has 0 aliphatic rings. The minimum Gasteiger partial charge on any atom is -0.370 e. The van der Waals surface area contributed by atoms with Crippen molar-refractivity contribution in [2.24, 2.45) is 11.1 Å². The second kappa shape index (κ2) is 6.51. The molecule has 5 nitrogen and oxygen atoms in total. The normalized spacial score (nSPS) is 11.4. The number of rotatable bonds is 6. The van der Waals surface area contributed by atoms with E-state index < -0.39 is 0 Å². The minimum absolute atomic E-state index is 0.0147. The maximum Gasteiger partial charge on any atom is 0.270 e. The van der Waals surface area contributed by atoms with Crippen molar-refractivity contribution < 1.29 is 4.92 Å². The van der Waals surface area contributed by atoms with Crippen molar-refractivity contribution in [2.75, 3.05) is 24.5 Å². The third-order valence-corrected chi connectivity index (χ3v) is 3.90. The number of nitrogens with zero attached hydrogens (tertiary/aromatic N) is 2. The highest BCUT2D eigenvalue weighted by atomic mass is 127. The van der Waals surface area contributed by atoms with E-state index in [0.29, 0.717) is 6.54 Å². The van der Waals surface area contributed by atoms with Crippen LogP contribution in [0.5, 0.6) is 0 Å². The number of benzene rings is 1. The maximum atomic E-state index is 10.8. The molecule has 0 fully saturated rings. The SMILES string of the molecule is CCN(CC(C)(C)CN)c1ccc([N+](=O)[O-])cc1I. The van der Waals surface area contributed by atoms with Crippen LogP contribution in [0.25, 0.3) is 0 Å². The summed E-state index contributed by atoms with van der Waals surface area (Å²) < 4.78 is 0.890. The van der Waals surface area contributed by atoms with Gasteiger partial charge in [-0.15, -0.1) is 0 Å². The van der Waals surface area contributed by atoms with Crippen molar-refractivity contribution in [3.8, 4) is 0 Å². The molecule has 0 spiro atoms. The van der Waals surface area contributed by atoms with E-state index in [1.165, 1.54) is 0 Å². The summed E-state index contributed by atoms with van der Waals surface area (Å²) in [6.07, 6.45) is 0. The topological polar surface area (TPSA) is 72.4 Å². The first-order valence-corrected chi connectivity index (χ1v) is 7.27. The Labute approximate surface area is 127 Å². The zero-order valence-electron chi connectivity index (χ0n) is 11.5. The van der Waals surface area contributed by atoms with Gasteiger partial charge in [0.15, 0.2) is 0 Å². The fraction of sp³-hybridized carbons (Fsp3) is 0.538. The Morgan fingerprint density at radius 2 is 2.11 bits per heavy atom. The lowest BCUT2D eigenvalue weighted by atomic mass is 9.93. The molecular formula is C13H20IN3O2. The van der Waals surface area contributed by atoms with Gasteiger partial charge in [-0.05, 0) is 47.5 Å². The van der Waals surface area contributed by atoms with E-state index in [-0.39, 0.29) is 16.0 Å². The van der Waals surface area contributed by atoms with Crippen LogP contribution >= 0.6 is 22.6 Å². The molecule has 0 atom stereocenters. The molecular weight excluding hydrogens is 357 g/mol. The number of nitro groups is 1. The number of hydrogen-bond donors (Lipinski definition) is 1. The first-order valence-electron chi connectivity index (χ1n) is 6.19. The Bertz CT molecular complexity index is 463. The van der Waals surface area contributed by atoms with Crippen molar-refractivity contribution in [1.82, 2.24) is 0 Å². The number of hydrogen-bond acceptors (Lipinski definition) is 4. The number of nitrogens with two attached hydrogens (primary N) is 1. The van der Waals surface area contributed by atoms with Crippen LogP contribution in [0.4, 0.5) is 11.4 Å². The quantitative estimate of drug-likeness (QED) is 0.470. The van der Waals surface area contributed by atoms with Crippen LogP contribution in [-0.4, -0.2) is 24.6 Å². The summed E-state index contributed by atoms with van der Waals surface area (Å²) >= 11 is 2.14. The highest BCUT2D eigenvalue weighted by Gasteiger charge is 2.21. The molecule has 0 bridgehead atoms. The van der Waals surface area contributed by atoms with Gasteiger partial charge in [0.25, 0.3) is 5.69 Å². The van der Waals surface area contributed by atoms with Gasteiger partial charge in [0.2, 0.25) is 0 Å².